The van der Waals surface area contributed by atoms with E-state index < -0.39 is 39.5 Å². The lowest BCUT2D eigenvalue weighted by molar-refractivity contribution is 0.434. The average molecular weight is 1700 g/mol. The molecule has 0 bridgehead atoms. The van der Waals surface area contributed by atoms with Gasteiger partial charge in [-0.25, -0.2) is 0 Å². The second-order valence-corrected chi connectivity index (χ2v) is 50.0. The van der Waals surface area contributed by atoms with E-state index in [0.29, 0.717) is 0 Å². The van der Waals surface area contributed by atoms with E-state index in [-0.39, 0.29) is 0 Å². The van der Waals surface area contributed by atoms with E-state index >= 15 is 0 Å². The van der Waals surface area contributed by atoms with Crippen LogP contribution in [-0.4, -0.2) is 51.8 Å². The Morgan fingerprint density at radius 3 is 0.252 bits per heavy atom. The van der Waals surface area contributed by atoms with Gasteiger partial charge >= 0.3 is 8.60 Å². The number of hydrogen-bond acceptors (Lipinski definition) is 3. The molecular formula is C108H225O3PS3. The van der Waals surface area contributed by atoms with E-state index in [0.717, 1.165) is 0 Å². The SMILES string of the molecule is CCCCCCCCCCCCS(CCCCCCCCCCCC)(CCCCCCCCCCCC)OP(OS(CCCCCCCCCCCC)(CCCCCCCCCCCC)CCCCCCCCCCCC)OS(CCCCCCCCCCCC)(CCCCCCCCCCCC)CCCCCCCCCCCC. The average Bonchev–Trinajstić information content (AvgIpc) is 0.805. The van der Waals surface area contributed by atoms with Gasteiger partial charge < -0.3 is 0 Å². The highest BCUT2D eigenvalue weighted by Gasteiger charge is 2.40. The fourth-order valence-electron chi connectivity index (χ4n) is 18.4. The van der Waals surface area contributed by atoms with Crippen molar-refractivity contribution in [1.29, 1.82) is 0 Å². The van der Waals surface area contributed by atoms with E-state index in [1.807, 2.05) is 0 Å². The highest BCUT2D eigenvalue weighted by molar-refractivity contribution is 8.35. The third-order valence-corrected chi connectivity index (χ3v) is 41.0. The molecule has 0 aromatic heterocycles. The maximum absolute atomic E-state index is 8.94. The quantitative estimate of drug-likeness (QED) is 0.0449. The van der Waals surface area contributed by atoms with Crippen LogP contribution in [-0.2, 0) is 11.9 Å². The molecule has 3 nitrogen and oxygen atoms in total. The summed E-state index contributed by atoms with van der Waals surface area (Å²) in [4.78, 5) is 0. The van der Waals surface area contributed by atoms with Crippen molar-refractivity contribution in [3.8, 4) is 0 Å². The topological polar surface area (TPSA) is 27.7 Å². The molecule has 0 amide bonds. The van der Waals surface area contributed by atoms with Gasteiger partial charge in [0.05, 0.1) is 0 Å². The van der Waals surface area contributed by atoms with Gasteiger partial charge in [-0.1, -0.05) is 582 Å². The molecule has 0 unspecified atom stereocenters. The molecule has 0 N–H and O–H groups in total. The van der Waals surface area contributed by atoms with Crippen LogP contribution in [0.2, 0.25) is 0 Å². The van der Waals surface area contributed by atoms with Crippen LogP contribution in [0, 0.1) is 0 Å². The molecule has 0 aromatic carbocycles. The fourth-order valence-corrected chi connectivity index (χ4v) is 33.5. The minimum absolute atomic E-state index is 1.30. The van der Waals surface area contributed by atoms with Crippen LogP contribution in [0.1, 0.15) is 640 Å². The molecule has 115 heavy (non-hydrogen) atoms. The van der Waals surface area contributed by atoms with Crippen molar-refractivity contribution in [3.63, 3.8) is 0 Å². The van der Waals surface area contributed by atoms with Gasteiger partial charge in [-0.15, -0.1) is 30.9 Å². The normalized spacial score (nSPS) is 12.8. The van der Waals surface area contributed by atoms with Crippen molar-refractivity contribution in [2.45, 2.75) is 640 Å². The van der Waals surface area contributed by atoms with Gasteiger partial charge in [-0.05, 0) is 110 Å². The Hall–Kier alpha value is 1.36. The maximum atomic E-state index is 8.94. The first-order chi connectivity index (χ1) is 56.8. The first-order valence-corrected chi connectivity index (χ1v) is 62.3. The molecule has 0 saturated carbocycles. The van der Waals surface area contributed by atoms with Gasteiger partial charge in [0, 0.05) is 0 Å². The molecule has 0 aliphatic rings. The molecule has 7 heteroatoms. The number of hydrogen-bond donors (Lipinski definition) is 0. The van der Waals surface area contributed by atoms with Crippen molar-refractivity contribution < 1.29 is 11.9 Å². The summed E-state index contributed by atoms with van der Waals surface area (Å²) in [7, 11) is -6.12. The zero-order valence-corrected chi connectivity index (χ0v) is 85.2. The van der Waals surface area contributed by atoms with E-state index in [4.69, 9.17) is 11.9 Å². The minimum Gasteiger partial charge on any atom is -0.262 e. The summed E-state index contributed by atoms with van der Waals surface area (Å²) in [6, 6.07) is 0. The summed E-state index contributed by atoms with van der Waals surface area (Å²) in [5.74, 6) is 11.7. The predicted octanol–water partition coefficient (Wildman–Crippen LogP) is 42.7. The summed E-state index contributed by atoms with van der Waals surface area (Å²) in [5.41, 5.74) is 0. The van der Waals surface area contributed by atoms with Crippen molar-refractivity contribution >= 4 is 39.5 Å². The van der Waals surface area contributed by atoms with Crippen molar-refractivity contribution in [2.24, 2.45) is 0 Å². The standard InChI is InChI=1S/C108H225O3PS3/c1-10-19-28-37-46-55-64-73-82-91-100-113(101-92-83-74-65-56-47-38-29-20-11-2,102-93-84-75-66-57-48-39-30-21-12-3)109-112(110-114(103-94-85-76-67-58-49-40-31-22-13-4,104-95-86-77-68-59-50-41-32-23-14-5)105-96-87-78-69-60-51-42-33-24-15-6)111-115(106-97-88-79-70-61-52-43-34-25-16-7,107-98-89-80-71-62-53-44-35-26-17-8)108-99-90-81-72-63-54-45-36-27-18-9/h10-108H2,1-9H3. The van der Waals surface area contributed by atoms with Crippen molar-refractivity contribution in [3.05, 3.63) is 0 Å². The highest BCUT2D eigenvalue weighted by atomic mass is 32.3. The smallest absolute Gasteiger partial charge is 0.262 e. The van der Waals surface area contributed by atoms with E-state index in [1.165, 1.54) is 630 Å². The summed E-state index contributed by atoms with van der Waals surface area (Å²) >= 11 is 0. The van der Waals surface area contributed by atoms with Crippen LogP contribution in [0.3, 0.4) is 0 Å². The van der Waals surface area contributed by atoms with E-state index in [9.17, 15) is 0 Å². The Morgan fingerprint density at radius 1 is 0.104 bits per heavy atom. The monoisotopic (exact) mass is 1700 g/mol. The molecule has 0 aliphatic heterocycles. The fraction of sp³-hybridized carbons (Fsp3) is 1.00. The molecule has 0 aromatic rings. The molecule has 0 rings (SSSR count). The Kier molecular flexibility index (Phi) is 98.7. The van der Waals surface area contributed by atoms with Gasteiger partial charge in [0.1, 0.15) is 0 Å². The summed E-state index contributed by atoms with van der Waals surface area (Å²) in [5, 5.41) is 0. The minimum atomic E-state index is -1.55. The molecule has 0 radical (unpaired) electrons. The van der Waals surface area contributed by atoms with Crippen LogP contribution < -0.4 is 0 Å². The van der Waals surface area contributed by atoms with Crippen LogP contribution in [0.5, 0.6) is 0 Å². The van der Waals surface area contributed by atoms with Crippen LogP contribution in [0.15, 0.2) is 0 Å². The zero-order valence-electron chi connectivity index (χ0n) is 81.9. The van der Waals surface area contributed by atoms with Gasteiger partial charge in [0.25, 0.3) is 0 Å². The Morgan fingerprint density at radius 2 is 0.174 bits per heavy atom. The van der Waals surface area contributed by atoms with Gasteiger partial charge in [-0.3, -0.25) is 11.9 Å². The highest BCUT2D eigenvalue weighted by Crippen LogP contribution is 2.74. The molecule has 0 aliphatic carbocycles. The third kappa shape index (κ3) is 83.4. The molecule has 0 fully saturated rings. The number of unbranched alkanes of at least 4 members (excludes halogenated alkanes) is 81. The molecule has 0 saturated heterocycles. The first kappa shape index (κ1) is 116. The summed E-state index contributed by atoms with van der Waals surface area (Å²) in [6.07, 6.45) is 127. The lowest BCUT2D eigenvalue weighted by atomic mass is 10.1. The molecular weight excluding hydrogens is 1470 g/mol. The van der Waals surface area contributed by atoms with Crippen molar-refractivity contribution in [2.75, 3.05) is 51.8 Å². The van der Waals surface area contributed by atoms with Gasteiger partial charge in [-0.2, -0.15) is 0 Å². The van der Waals surface area contributed by atoms with E-state index in [2.05, 4.69) is 62.3 Å². The Bertz CT molecular complexity index is 1380. The Balaban J connectivity index is 8.84. The second-order valence-electron chi connectivity index (χ2n) is 38.3. The molecule has 0 heterocycles. The first-order valence-electron chi connectivity index (χ1n) is 55.0. The lowest BCUT2D eigenvalue weighted by Gasteiger charge is -2.49. The van der Waals surface area contributed by atoms with Crippen LogP contribution in [0.4, 0.5) is 0 Å². The lowest BCUT2D eigenvalue weighted by Crippen LogP contribution is -2.23. The summed E-state index contributed by atoms with van der Waals surface area (Å²) < 4.78 is 26.8. The molecule has 0 atom stereocenters. The maximum Gasteiger partial charge on any atom is 0.364 e. The Labute approximate surface area is 738 Å². The zero-order chi connectivity index (χ0) is 83.2. The molecule has 0 spiro atoms. The van der Waals surface area contributed by atoms with Crippen molar-refractivity contribution in [1.82, 2.24) is 0 Å². The predicted molar refractivity (Wildman–Crippen MR) is 543 cm³/mol. The molecule has 698 valence electrons. The second kappa shape index (κ2) is 97.6. The van der Waals surface area contributed by atoms with Crippen LogP contribution >= 0.6 is 39.5 Å². The van der Waals surface area contributed by atoms with Crippen LogP contribution in [0.25, 0.3) is 0 Å². The van der Waals surface area contributed by atoms with Gasteiger partial charge in [0.15, 0.2) is 0 Å². The number of rotatable bonds is 105. The van der Waals surface area contributed by atoms with E-state index in [1.54, 1.807) is 0 Å². The largest absolute Gasteiger partial charge is 0.364 e. The third-order valence-electron chi connectivity index (χ3n) is 26.5. The summed E-state index contributed by atoms with van der Waals surface area (Å²) in [6.45, 7) is 21.4. The van der Waals surface area contributed by atoms with Gasteiger partial charge in [0.2, 0.25) is 0 Å².